The summed E-state index contributed by atoms with van der Waals surface area (Å²) >= 11 is 1.65. The van der Waals surface area contributed by atoms with Crippen LogP contribution in [0.15, 0.2) is 47.3 Å². The van der Waals surface area contributed by atoms with Crippen molar-refractivity contribution in [2.45, 2.75) is 51.1 Å². The summed E-state index contributed by atoms with van der Waals surface area (Å²) in [6.45, 7) is 6.05. The zero-order chi connectivity index (χ0) is 24.2. The van der Waals surface area contributed by atoms with Crippen LogP contribution in [0.4, 0.5) is 10.5 Å². The molecule has 3 atom stereocenters. The lowest BCUT2D eigenvalue weighted by molar-refractivity contribution is -0.118. The van der Waals surface area contributed by atoms with E-state index in [0.29, 0.717) is 32.0 Å². The largest absolute Gasteiger partial charge is 0.326 e. The van der Waals surface area contributed by atoms with Crippen molar-refractivity contribution in [2.24, 2.45) is 5.92 Å². The van der Waals surface area contributed by atoms with Gasteiger partial charge < -0.3 is 20.1 Å². The maximum atomic E-state index is 13.2. The number of piperidine rings is 1. The predicted molar refractivity (Wildman–Crippen MR) is 138 cm³/mol. The predicted octanol–water partition coefficient (Wildman–Crippen LogP) is 3.86. The second kappa shape index (κ2) is 10.7. The van der Waals surface area contributed by atoms with Crippen molar-refractivity contribution in [2.75, 3.05) is 30.4 Å². The standard InChI is InChI=1S/C26H34N4O3S/c1-17(2)19-7-9-21(10-8-19)27-25(32)22(11-12-34-3)28-26(33)29-14-18-13-20(16-29)23-5-4-6-24(31)30(23)15-18/h4-10,17-18,20,22H,11-16H2,1-3H3,(H,27,32)(H,28,33)/t18-,20-,22-/m0/s1. The quantitative estimate of drug-likeness (QED) is 0.628. The van der Waals surface area contributed by atoms with E-state index in [9.17, 15) is 14.4 Å². The normalized spacial score (nSPS) is 19.9. The molecule has 1 saturated heterocycles. The Balaban J connectivity index is 1.42. The lowest BCUT2D eigenvalue weighted by atomic mass is 9.83. The number of carbonyl (C=O) groups excluding carboxylic acids is 2. The zero-order valence-corrected chi connectivity index (χ0v) is 20.9. The molecule has 0 aliphatic carbocycles. The number of anilines is 1. The van der Waals surface area contributed by atoms with E-state index in [4.69, 9.17) is 0 Å². The van der Waals surface area contributed by atoms with Crippen molar-refractivity contribution in [1.82, 2.24) is 14.8 Å². The number of amides is 3. The van der Waals surface area contributed by atoms with Gasteiger partial charge in [0.1, 0.15) is 6.04 Å². The minimum Gasteiger partial charge on any atom is -0.326 e. The summed E-state index contributed by atoms with van der Waals surface area (Å²) in [5.74, 6) is 1.38. The number of rotatable bonds is 7. The molecule has 34 heavy (non-hydrogen) atoms. The molecule has 7 nitrogen and oxygen atoms in total. The molecule has 2 N–H and O–H groups in total. The van der Waals surface area contributed by atoms with Crippen LogP contribution < -0.4 is 16.2 Å². The number of carbonyl (C=O) groups is 2. The number of aromatic nitrogens is 1. The first-order valence-corrected chi connectivity index (χ1v) is 13.4. The van der Waals surface area contributed by atoms with Gasteiger partial charge in [-0.05, 0) is 60.4 Å². The third-order valence-electron chi connectivity index (χ3n) is 6.84. The van der Waals surface area contributed by atoms with Crippen molar-refractivity contribution in [1.29, 1.82) is 0 Å². The molecule has 1 aromatic carbocycles. The highest BCUT2D eigenvalue weighted by Crippen LogP contribution is 2.35. The molecule has 3 heterocycles. The van der Waals surface area contributed by atoms with Crippen molar-refractivity contribution in [3.63, 3.8) is 0 Å². The van der Waals surface area contributed by atoms with E-state index in [1.165, 1.54) is 5.56 Å². The first kappa shape index (κ1) is 24.4. The maximum Gasteiger partial charge on any atom is 0.318 e. The number of benzene rings is 1. The van der Waals surface area contributed by atoms with E-state index in [2.05, 4.69) is 24.5 Å². The van der Waals surface area contributed by atoms with Crippen LogP contribution >= 0.6 is 11.8 Å². The number of pyridine rings is 1. The molecule has 2 aliphatic heterocycles. The van der Waals surface area contributed by atoms with E-state index < -0.39 is 6.04 Å². The third-order valence-corrected chi connectivity index (χ3v) is 7.48. The second-order valence-corrected chi connectivity index (χ2v) is 10.6. The van der Waals surface area contributed by atoms with Gasteiger partial charge in [0.25, 0.3) is 5.56 Å². The van der Waals surface area contributed by atoms with E-state index in [1.807, 2.05) is 46.1 Å². The highest BCUT2D eigenvalue weighted by Gasteiger charge is 2.37. The fourth-order valence-corrected chi connectivity index (χ4v) is 5.46. The minimum atomic E-state index is -0.610. The van der Waals surface area contributed by atoms with Crippen LogP contribution in [-0.2, 0) is 11.3 Å². The molecular weight excluding hydrogens is 448 g/mol. The zero-order valence-electron chi connectivity index (χ0n) is 20.1. The SMILES string of the molecule is CSCC[C@H](NC(=O)N1C[C@@H]2C[C@@H](C1)c1cccc(=O)n1C2)C(=O)Nc1ccc(C(C)C)cc1. The number of fused-ring (bicyclic) bond motifs is 4. The lowest BCUT2D eigenvalue weighted by Gasteiger charge is -2.43. The summed E-state index contributed by atoms with van der Waals surface area (Å²) in [7, 11) is 0. The van der Waals surface area contributed by atoms with Crippen LogP contribution in [0.25, 0.3) is 0 Å². The van der Waals surface area contributed by atoms with E-state index in [0.717, 1.165) is 23.6 Å². The Morgan fingerprint density at radius 3 is 2.56 bits per heavy atom. The molecule has 0 spiro atoms. The first-order chi connectivity index (χ1) is 16.4. The molecule has 0 saturated carbocycles. The number of likely N-dealkylation sites (tertiary alicyclic amines) is 1. The van der Waals surface area contributed by atoms with Crippen LogP contribution in [0.5, 0.6) is 0 Å². The monoisotopic (exact) mass is 482 g/mol. The molecule has 182 valence electrons. The Hall–Kier alpha value is -2.74. The highest BCUT2D eigenvalue weighted by atomic mass is 32.2. The molecule has 0 radical (unpaired) electrons. The van der Waals surface area contributed by atoms with E-state index in [1.54, 1.807) is 23.9 Å². The molecule has 3 amide bonds. The van der Waals surface area contributed by atoms with Gasteiger partial charge in [-0.15, -0.1) is 0 Å². The third kappa shape index (κ3) is 5.49. The van der Waals surface area contributed by atoms with Crippen molar-refractivity contribution in [3.05, 3.63) is 64.1 Å². The number of urea groups is 1. The summed E-state index contributed by atoms with van der Waals surface area (Å²) in [5, 5.41) is 5.95. The Morgan fingerprint density at radius 1 is 1.09 bits per heavy atom. The van der Waals surface area contributed by atoms with Crippen LogP contribution in [0.2, 0.25) is 0 Å². The summed E-state index contributed by atoms with van der Waals surface area (Å²) in [6.07, 6.45) is 3.53. The molecule has 1 aromatic heterocycles. The number of hydrogen-bond donors (Lipinski definition) is 2. The summed E-state index contributed by atoms with van der Waals surface area (Å²) in [6, 6.07) is 12.4. The van der Waals surface area contributed by atoms with Gasteiger partial charge >= 0.3 is 6.03 Å². The van der Waals surface area contributed by atoms with Crippen LogP contribution in [0.3, 0.4) is 0 Å². The van der Waals surface area contributed by atoms with Crippen molar-refractivity contribution in [3.8, 4) is 0 Å². The second-order valence-electron chi connectivity index (χ2n) is 9.65. The number of thioether (sulfide) groups is 1. The Morgan fingerprint density at radius 2 is 1.85 bits per heavy atom. The Bertz CT molecular complexity index is 1080. The molecule has 1 fully saturated rings. The molecule has 2 bridgehead atoms. The van der Waals surface area contributed by atoms with Crippen LogP contribution in [0.1, 0.15) is 49.8 Å². The average Bonchev–Trinajstić information content (AvgIpc) is 2.82. The lowest BCUT2D eigenvalue weighted by Crippen LogP contribution is -2.55. The van der Waals surface area contributed by atoms with Gasteiger partial charge in [-0.2, -0.15) is 11.8 Å². The topological polar surface area (TPSA) is 83.4 Å². The molecule has 0 unspecified atom stereocenters. The van der Waals surface area contributed by atoms with Gasteiger partial charge in [-0.25, -0.2) is 4.79 Å². The maximum absolute atomic E-state index is 13.2. The Labute approximate surface area is 205 Å². The van der Waals surface area contributed by atoms with Gasteiger partial charge in [0.15, 0.2) is 0 Å². The molecule has 2 aromatic rings. The van der Waals surface area contributed by atoms with Gasteiger partial charge in [-0.3, -0.25) is 9.59 Å². The Kier molecular flexibility index (Phi) is 7.66. The van der Waals surface area contributed by atoms with Crippen LogP contribution in [0, 0.1) is 5.92 Å². The van der Waals surface area contributed by atoms with E-state index >= 15 is 0 Å². The summed E-state index contributed by atoms with van der Waals surface area (Å²) in [5.41, 5.74) is 2.97. The average molecular weight is 483 g/mol. The molecule has 8 heteroatoms. The first-order valence-electron chi connectivity index (χ1n) is 12.0. The van der Waals surface area contributed by atoms with Crippen LogP contribution in [-0.4, -0.2) is 52.5 Å². The van der Waals surface area contributed by atoms with Gasteiger partial charge in [0, 0.05) is 43.0 Å². The van der Waals surface area contributed by atoms with Crippen molar-refractivity contribution < 1.29 is 9.59 Å². The summed E-state index contributed by atoms with van der Waals surface area (Å²) < 4.78 is 1.85. The minimum absolute atomic E-state index is 0.0281. The van der Waals surface area contributed by atoms with Gasteiger partial charge in [0.2, 0.25) is 5.91 Å². The van der Waals surface area contributed by atoms with Gasteiger partial charge in [0.05, 0.1) is 0 Å². The van der Waals surface area contributed by atoms with Gasteiger partial charge in [-0.1, -0.05) is 32.0 Å². The van der Waals surface area contributed by atoms with E-state index in [-0.39, 0.29) is 29.3 Å². The number of nitrogens with one attached hydrogen (secondary N) is 2. The van der Waals surface area contributed by atoms with Crippen molar-refractivity contribution >= 4 is 29.4 Å². The highest BCUT2D eigenvalue weighted by molar-refractivity contribution is 7.98. The molecule has 4 rings (SSSR count). The number of hydrogen-bond acceptors (Lipinski definition) is 4. The fourth-order valence-electron chi connectivity index (χ4n) is 4.99. The molecular formula is C26H34N4O3S. The smallest absolute Gasteiger partial charge is 0.318 e. The molecule has 2 aliphatic rings. The number of nitrogens with zero attached hydrogens (tertiary/aromatic N) is 2. The summed E-state index contributed by atoms with van der Waals surface area (Å²) in [4.78, 5) is 40.4. The fraction of sp³-hybridized carbons (Fsp3) is 0.500.